The first-order chi connectivity index (χ1) is 17.8. The molecule has 2 N–H and O–H groups in total. The van der Waals surface area contributed by atoms with Gasteiger partial charge in [0.15, 0.2) is 11.4 Å². The van der Waals surface area contributed by atoms with Crippen LogP contribution in [0.3, 0.4) is 0 Å². The van der Waals surface area contributed by atoms with Gasteiger partial charge < -0.3 is 15.1 Å². The van der Waals surface area contributed by atoms with Crippen molar-refractivity contribution in [2.75, 3.05) is 11.7 Å². The van der Waals surface area contributed by atoms with Crippen LogP contribution in [0.15, 0.2) is 89.9 Å². The van der Waals surface area contributed by atoms with E-state index in [9.17, 15) is 29.0 Å². The fraction of sp³-hybridized carbons (Fsp3) is 0.107. The number of aromatic carboxylic acids is 1. The van der Waals surface area contributed by atoms with Crippen molar-refractivity contribution >= 4 is 11.9 Å². The number of pyridine rings is 1. The number of benzene rings is 3. The number of hydrogen-bond donors (Lipinski definition) is 2. The molecule has 4 aromatic rings. The average molecular weight is 499 g/mol. The summed E-state index contributed by atoms with van der Waals surface area (Å²) in [5.74, 6) is -3.51. The molecule has 9 heteroatoms. The third-order valence-corrected chi connectivity index (χ3v) is 6.27. The highest BCUT2D eigenvalue weighted by Gasteiger charge is 2.34. The van der Waals surface area contributed by atoms with Gasteiger partial charge in [0.25, 0.3) is 5.91 Å². The highest BCUT2D eigenvalue weighted by atomic mass is 19.1. The van der Waals surface area contributed by atoms with Crippen LogP contribution in [0.2, 0.25) is 0 Å². The third-order valence-electron chi connectivity index (χ3n) is 6.27. The van der Waals surface area contributed by atoms with E-state index in [-0.39, 0.29) is 25.5 Å². The first kappa shape index (κ1) is 23.8. The number of rotatable bonds is 6. The minimum atomic E-state index is -1.51. The van der Waals surface area contributed by atoms with Crippen LogP contribution < -0.4 is 10.4 Å². The van der Waals surface area contributed by atoms with Crippen LogP contribution in [-0.4, -0.2) is 38.3 Å². The zero-order valence-electron chi connectivity index (χ0n) is 19.5. The minimum absolute atomic E-state index is 0.0215. The molecule has 0 radical (unpaired) electrons. The Kier molecular flexibility index (Phi) is 6.19. The summed E-state index contributed by atoms with van der Waals surface area (Å²) >= 11 is 0. The first-order valence-corrected chi connectivity index (χ1v) is 11.5. The zero-order valence-corrected chi connectivity index (χ0v) is 19.5. The summed E-state index contributed by atoms with van der Waals surface area (Å²) in [5, 5.41) is 21.9. The summed E-state index contributed by atoms with van der Waals surface area (Å²) in [6.07, 6.45) is 1.07. The van der Waals surface area contributed by atoms with Gasteiger partial charge in [-0.1, -0.05) is 66.7 Å². The molecule has 2 heterocycles. The van der Waals surface area contributed by atoms with Crippen LogP contribution >= 0.6 is 0 Å². The van der Waals surface area contributed by atoms with Gasteiger partial charge in [0.1, 0.15) is 18.0 Å². The topological polar surface area (TPSA) is 103 Å². The third kappa shape index (κ3) is 4.54. The van der Waals surface area contributed by atoms with E-state index in [0.29, 0.717) is 5.56 Å². The van der Waals surface area contributed by atoms with Gasteiger partial charge in [-0.15, -0.1) is 0 Å². The van der Waals surface area contributed by atoms with Crippen molar-refractivity contribution in [2.24, 2.45) is 0 Å². The van der Waals surface area contributed by atoms with E-state index in [2.05, 4.69) is 0 Å². The Morgan fingerprint density at radius 1 is 0.892 bits per heavy atom. The highest BCUT2D eigenvalue weighted by Crippen LogP contribution is 2.28. The largest absolute Gasteiger partial charge is 0.502 e. The van der Waals surface area contributed by atoms with Crippen molar-refractivity contribution in [3.63, 3.8) is 0 Å². The second kappa shape index (κ2) is 9.62. The number of aromatic nitrogens is 1. The minimum Gasteiger partial charge on any atom is -0.502 e. The number of aromatic hydroxyl groups is 1. The quantitative estimate of drug-likeness (QED) is 0.418. The highest BCUT2D eigenvalue weighted by molar-refractivity contribution is 5.97. The van der Waals surface area contributed by atoms with Crippen LogP contribution in [0, 0.1) is 5.82 Å². The van der Waals surface area contributed by atoms with Crippen LogP contribution in [0.5, 0.6) is 5.75 Å². The van der Waals surface area contributed by atoms with E-state index in [0.717, 1.165) is 22.9 Å². The predicted octanol–water partition coefficient (Wildman–Crippen LogP) is 3.81. The van der Waals surface area contributed by atoms with Crippen LogP contribution in [0.25, 0.3) is 11.1 Å². The summed E-state index contributed by atoms with van der Waals surface area (Å²) in [5.41, 5.74) is 1.32. The summed E-state index contributed by atoms with van der Waals surface area (Å²) < 4.78 is 14.7. The van der Waals surface area contributed by atoms with Gasteiger partial charge in [-0.3, -0.25) is 19.3 Å². The molecule has 0 fully saturated rings. The monoisotopic (exact) mass is 499 g/mol. The number of halogens is 1. The molecule has 0 spiro atoms. The van der Waals surface area contributed by atoms with Crippen molar-refractivity contribution in [1.29, 1.82) is 0 Å². The van der Waals surface area contributed by atoms with E-state index in [1.165, 1.54) is 21.7 Å². The number of carboxylic acids is 1. The lowest BCUT2D eigenvalue weighted by Crippen LogP contribution is -2.53. The molecule has 1 amide bonds. The van der Waals surface area contributed by atoms with Crippen LogP contribution in [0.4, 0.5) is 4.39 Å². The van der Waals surface area contributed by atoms with Crippen molar-refractivity contribution in [3.05, 3.63) is 123 Å². The molecule has 0 bridgehead atoms. The SMILES string of the molecule is O=C(O)c1cn2c(c(O)c1=O)C(=O)N(Cc1ccc(F)cc1)CN2Cc1ccccc1-c1ccccc1. The molecular weight excluding hydrogens is 477 g/mol. The Hall–Kier alpha value is -4.92. The maximum Gasteiger partial charge on any atom is 0.341 e. The van der Waals surface area contributed by atoms with Crippen molar-refractivity contribution in [1.82, 2.24) is 9.58 Å². The van der Waals surface area contributed by atoms with E-state index in [1.807, 2.05) is 54.6 Å². The second-order valence-electron chi connectivity index (χ2n) is 8.68. The number of carbonyl (C=O) groups excluding carboxylic acids is 1. The number of nitrogens with zero attached hydrogens (tertiary/aromatic N) is 3. The molecule has 37 heavy (non-hydrogen) atoms. The van der Waals surface area contributed by atoms with Crippen molar-refractivity contribution < 1.29 is 24.2 Å². The van der Waals surface area contributed by atoms with Crippen LogP contribution in [-0.2, 0) is 13.1 Å². The van der Waals surface area contributed by atoms with Crippen molar-refractivity contribution in [3.8, 4) is 16.9 Å². The molecule has 3 aromatic carbocycles. The standard InChI is InChI=1S/C28H22FN3O5/c29-21-12-10-18(11-13-21)14-30-17-31(15-20-8-4-5-9-22(20)19-6-2-1-3-7-19)32-16-23(28(36)37)25(33)26(34)24(32)27(30)35/h1-13,16,34H,14-15,17H2,(H,36,37). The fourth-order valence-electron chi connectivity index (χ4n) is 4.46. The van der Waals surface area contributed by atoms with Gasteiger partial charge >= 0.3 is 5.97 Å². The Morgan fingerprint density at radius 3 is 2.27 bits per heavy atom. The van der Waals surface area contributed by atoms with Crippen LogP contribution in [0.1, 0.15) is 32.0 Å². The lowest BCUT2D eigenvalue weighted by molar-refractivity contribution is 0.0654. The maximum atomic E-state index is 13.4. The number of fused-ring (bicyclic) bond motifs is 1. The van der Waals surface area contributed by atoms with Gasteiger partial charge in [-0.05, 0) is 34.4 Å². The molecule has 1 aliphatic heterocycles. The van der Waals surface area contributed by atoms with Gasteiger partial charge in [-0.2, -0.15) is 0 Å². The molecule has 186 valence electrons. The van der Waals surface area contributed by atoms with Gasteiger partial charge in [-0.25, -0.2) is 9.18 Å². The fourth-order valence-corrected chi connectivity index (χ4v) is 4.46. The average Bonchev–Trinajstić information content (AvgIpc) is 2.90. The Balaban J connectivity index is 1.61. The molecule has 0 saturated heterocycles. The summed E-state index contributed by atoms with van der Waals surface area (Å²) in [4.78, 5) is 39.1. The molecular formula is C28H22FN3O5. The molecule has 0 unspecified atom stereocenters. The Bertz CT molecular complexity index is 1550. The predicted molar refractivity (Wildman–Crippen MR) is 134 cm³/mol. The molecule has 1 aliphatic rings. The van der Waals surface area contributed by atoms with E-state index in [1.54, 1.807) is 17.1 Å². The first-order valence-electron chi connectivity index (χ1n) is 11.5. The zero-order chi connectivity index (χ0) is 26.1. The molecule has 5 rings (SSSR count). The molecule has 8 nitrogen and oxygen atoms in total. The van der Waals surface area contributed by atoms with Gasteiger partial charge in [0, 0.05) is 12.7 Å². The molecule has 0 atom stereocenters. The van der Waals surface area contributed by atoms with Gasteiger partial charge in [0.2, 0.25) is 5.43 Å². The number of amides is 1. The molecule has 1 aromatic heterocycles. The maximum absolute atomic E-state index is 13.4. The molecule has 0 aliphatic carbocycles. The Morgan fingerprint density at radius 2 is 1.57 bits per heavy atom. The van der Waals surface area contributed by atoms with Crippen molar-refractivity contribution in [2.45, 2.75) is 13.1 Å². The lowest BCUT2D eigenvalue weighted by Gasteiger charge is -2.40. The number of hydrogen-bond acceptors (Lipinski definition) is 5. The number of carboxylic acid groups (broad SMARTS) is 1. The summed E-state index contributed by atoms with van der Waals surface area (Å²) in [7, 11) is 0. The van der Waals surface area contributed by atoms with E-state index in [4.69, 9.17) is 0 Å². The normalized spacial score (nSPS) is 12.9. The smallest absolute Gasteiger partial charge is 0.341 e. The summed E-state index contributed by atoms with van der Waals surface area (Å²) in [6.45, 7) is 0.338. The summed E-state index contributed by atoms with van der Waals surface area (Å²) in [6, 6.07) is 23.0. The van der Waals surface area contributed by atoms with E-state index < -0.39 is 34.4 Å². The second-order valence-corrected chi connectivity index (χ2v) is 8.68. The number of carbonyl (C=O) groups is 2. The van der Waals surface area contributed by atoms with Gasteiger partial charge in [0.05, 0.1) is 6.54 Å². The molecule has 0 saturated carbocycles. The van der Waals surface area contributed by atoms with E-state index >= 15 is 0 Å². The Labute approximate surface area is 211 Å². The lowest BCUT2D eigenvalue weighted by atomic mass is 9.99.